The van der Waals surface area contributed by atoms with Gasteiger partial charge in [-0.3, -0.25) is 4.79 Å². The molecule has 0 saturated heterocycles. The largest absolute Gasteiger partial charge is 0.481 e. The molecule has 1 atom stereocenters. The summed E-state index contributed by atoms with van der Waals surface area (Å²) in [5.74, 6) is -0.722. The molecular weight excluding hydrogens is 140 g/mol. The van der Waals surface area contributed by atoms with E-state index in [9.17, 15) is 4.79 Å². The molecule has 0 amide bonds. The number of carboxylic acids is 1. The molecule has 1 aliphatic carbocycles. The molecule has 1 rings (SSSR count). The van der Waals surface area contributed by atoms with Crippen molar-refractivity contribution < 1.29 is 9.90 Å². The minimum atomic E-state index is -0.625. The average Bonchev–Trinajstić information content (AvgIpc) is 1.84. The number of aliphatic carboxylic acids is 1. The van der Waals surface area contributed by atoms with Gasteiger partial charge in [-0.1, -0.05) is 12.2 Å². The van der Waals surface area contributed by atoms with Crippen molar-refractivity contribution >= 4 is 5.97 Å². The zero-order valence-electron chi connectivity index (χ0n) is 6.62. The van der Waals surface area contributed by atoms with Gasteiger partial charge in [-0.05, 0) is 32.1 Å². The van der Waals surface area contributed by atoms with Gasteiger partial charge >= 0.3 is 5.97 Å². The predicted molar refractivity (Wildman–Crippen MR) is 43.4 cm³/mol. The van der Waals surface area contributed by atoms with Crippen LogP contribution in [0.1, 0.15) is 32.1 Å². The summed E-state index contributed by atoms with van der Waals surface area (Å²) < 4.78 is 0. The quantitative estimate of drug-likeness (QED) is 0.588. The molecule has 1 aliphatic rings. The summed E-state index contributed by atoms with van der Waals surface area (Å²) >= 11 is 0. The fourth-order valence-corrected chi connectivity index (χ4v) is 1.41. The summed E-state index contributed by atoms with van der Waals surface area (Å²) in [6, 6.07) is 0. The van der Waals surface area contributed by atoms with Crippen LogP contribution in [-0.4, -0.2) is 11.1 Å². The number of allylic oxidation sites excluding steroid dienone is 2. The predicted octanol–water partition coefficient (Wildman–Crippen LogP) is 2.21. The van der Waals surface area contributed by atoms with Gasteiger partial charge in [0.2, 0.25) is 0 Å². The number of carboxylic acid groups (broad SMARTS) is 1. The lowest BCUT2D eigenvalue weighted by Crippen LogP contribution is -2.13. The third kappa shape index (κ3) is 2.74. The van der Waals surface area contributed by atoms with Crippen molar-refractivity contribution in [2.24, 2.45) is 5.92 Å². The number of rotatable bonds is 1. The molecule has 0 aromatic carbocycles. The Hall–Kier alpha value is -0.790. The third-order valence-electron chi connectivity index (χ3n) is 2.12. The van der Waals surface area contributed by atoms with Crippen molar-refractivity contribution in [2.75, 3.05) is 0 Å². The molecule has 0 bridgehead atoms. The van der Waals surface area contributed by atoms with Gasteiger partial charge in [0.05, 0.1) is 5.92 Å². The van der Waals surface area contributed by atoms with Gasteiger partial charge in [-0.15, -0.1) is 0 Å². The second-order valence-electron chi connectivity index (χ2n) is 3.01. The summed E-state index contributed by atoms with van der Waals surface area (Å²) in [6.07, 6.45) is 8.90. The van der Waals surface area contributed by atoms with Gasteiger partial charge in [0, 0.05) is 0 Å². The highest BCUT2D eigenvalue weighted by atomic mass is 16.4. The van der Waals surface area contributed by atoms with E-state index >= 15 is 0 Å². The zero-order valence-corrected chi connectivity index (χ0v) is 6.62. The lowest BCUT2D eigenvalue weighted by atomic mass is 9.94. The molecule has 0 heterocycles. The van der Waals surface area contributed by atoms with Crippen LogP contribution < -0.4 is 0 Å². The van der Waals surface area contributed by atoms with Gasteiger partial charge < -0.3 is 5.11 Å². The molecule has 0 aliphatic heterocycles. The van der Waals surface area contributed by atoms with Crippen LogP contribution in [0.15, 0.2) is 12.2 Å². The second-order valence-corrected chi connectivity index (χ2v) is 3.01. The molecule has 62 valence electrons. The van der Waals surface area contributed by atoms with Crippen LogP contribution in [-0.2, 0) is 4.79 Å². The summed E-state index contributed by atoms with van der Waals surface area (Å²) in [5, 5.41) is 8.73. The van der Waals surface area contributed by atoms with Crippen molar-refractivity contribution in [3.63, 3.8) is 0 Å². The molecule has 0 radical (unpaired) electrons. The minimum absolute atomic E-state index is 0.0973. The first kappa shape index (κ1) is 8.31. The molecule has 2 heteroatoms. The van der Waals surface area contributed by atoms with Gasteiger partial charge in [-0.25, -0.2) is 0 Å². The SMILES string of the molecule is O=C(O)[C@@H]1CC/C=C/CCC1. The molecule has 2 nitrogen and oxygen atoms in total. The fraction of sp³-hybridized carbons (Fsp3) is 0.667. The molecule has 0 spiro atoms. The topological polar surface area (TPSA) is 37.3 Å². The monoisotopic (exact) mass is 154 g/mol. The highest BCUT2D eigenvalue weighted by Crippen LogP contribution is 2.18. The lowest BCUT2D eigenvalue weighted by Gasteiger charge is -2.11. The second kappa shape index (κ2) is 4.16. The van der Waals surface area contributed by atoms with E-state index in [0.29, 0.717) is 0 Å². The number of hydrogen-bond donors (Lipinski definition) is 1. The molecule has 0 unspecified atom stereocenters. The molecule has 0 aromatic heterocycles. The van der Waals surface area contributed by atoms with E-state index in [4.69, 9.17) is 5.11 Å². The Balaban J connectivity index is 2.42. The Morgan fingerprint density at radius 1 is 1.27 bits per heavy atom. The Morgan fingerprint density at radius 3 is 2.73 bits per heavy atom. The van der Waals surface area contributed by atoms with E-state index in [1.807, 2.05) is 0 Å². The van der Waals surface area contributed by atoms with E-state index in [1.165, 1.54) is 0 Å². The Morgan fingerprint density at radius 2 is 2.00 bits per heavy atom. The molecule has 11 heavy (non-hydrogen) atoms. The maximum atomic E-state index is 10.6. The van der Waals surface area contributed by atoms with Crippen molar-refractivity contribution in [1.29, 1.82) is 0 Å². The minimum Gasteiger partial charge on any atom is -0.481 e. The lowest BCUT2D eigenvalue weighted by molar-refractivity contribution is -0.142. The number of carbonyl (C=O) groups is 1. The first-order chi connectivity index (χ1) is 5.30. The van der Waals surface area contributed by atoms with Crippen molar-refractivity contribution in [3.05, 3.63) is 12.2 Å². The van der Waals surface area contributed by atoms with Crippen molar-refractivity contribution in [2.45, 2.75) is 32.1 Å². The highest BCUT2D eigenvalue weighted by Gasteiger charge is 2.16. The van der Waals surface area contributed by atoms with Gasteiger partial charge in [0.15, 0.2) is 0 Å². The Kier molecular flexibility index (Phi) is 3.14. The molecular formula is C9H14O2. The van der Waals surface area contributed by atoms with Gasteiger partial charge in [0.1, 0.15) is 0 Å². The van der Waals surface area contributed by atoms with E-state index < -0.39 is 5.97 Å². The summed E-state index contributed by atoms with van der Waals surface area (Å²) in [4.78, 5) is 10.6. The van der Waals surface area contributed by atoms with Gasteiger partial charge in [0.25, 0.3) is 0 Å². The van der Waals surface area contributed by atoms with E-state index in [1.54, 1.807) is 0 Å². The van der Waals surface area contributed by atoms with Crippen LogP contribution >= 0.6 is 0 Å². The van der Waals surface area contributed by atoms with Crippen LogP contribution in [0.2, 0.25) is 0 Å². The maximum absolute atomic E-state index is 10.6. The Labute approximate surface area is 66.9 Å². The van der Waals surface area contributed by atoms with Crippen molar-refractivity contribution in [3.8, 4) is 0 Å². The molecule has 0 fully saturated rings. The van der Waals surface area contributed by atoms with Crippen LogP contribution in [0.4, 0.5) is 0 Å². The van der Waals surface area contributed by atoms with E-state index in [2.05, 4.69) is 12.2 Å². The first-order valence-corrected chi connectivity index (χ1v) is 4.18. The maximum Gasteiger partial charge on any atom is 0.306 e. The van der Waals surface area contributed by atoms with Crippen LogP contribution in [0.5, 0.6) is 0 Å². The van der Waals surface area contributed by atoms with Gasteiger partial charge in [-0.2, -0.15) is 0 Å². The first-order valence-electron chi connectivity index (χ1n) is 4.18. The average molecular weight is 154 g/mol. The van der Waals surface area contributed by atoms with E-state index in [-0.39, 0.29) is 5.92 Å². The molecule has 1 N–H and O–H groups in total. The highest BCUT2D eigenvalue weighted by molar-refractivity contribution is 5.69. The third-order valence-corrected chi connectivity index (χ3v) is 2.12. The number of hydrogen-bond acceptors (Lipinski definition) is 1. The van der Waals surface area contributed by atoms with Crippen molar-refractivity contribution in [1.82, 2.24) is 0 Å². The summed E-state index contributed by atoms with van der Waals surface area (Å²) in [7, 11) is 0. The normalized spacial score (nSPS) is 28.5. The Bertz CT molecular complexity index is 161. The van der Waals surface area contributed by atoms with Crippen LogP contribution in [0.3, 0.4) is 0 Å². The van der Waals surface area contributed by atoms with Crippen LogP contribution in [0, 0.1) is 5.92 Å². The fourth-order valence-electron chi connectivity index (χ4n) is 1.41. The molecule has 0 aromatic rings. The summed E-state index contributed by atoms with van der Waals surface area (Å²) in [5.41, 5.74) is 0. The van der Waals surface area contributed by atoms with E-state index in [0.717, 1.165) is 32.1 Å². The smallest absolute Gasteiger partial charge is 0.306 e. The van der Waals surface area contributed by atoms with Crippen LogP contribution in [0.25, 0.3) is 0 Å². The molecule has 0 saturated carbocycles. The summed E-state index contributed by atoms with van der Waals surface area (Å²) in [6.45, 7) is 0. The zero-order chi connectivity index (χ0) is 8.10. The standard InChI is InChI=1S/C9H14O2/c10-9(11)8-6-4-2-1-3-5-7-8/h1-2,8H,3-7H2,(H,10,11)/b2-1+/t8-/m1/s1.